The molecule has 9 heteroatoms. The summed E-state index contributed by atoms with van der Waals surface area (Å²) >= 11 is 6.45. The molecule has 3 heterocycles. The van der Waals surface area contributed by atoms with Crippen LogP contribution in [0.3, 0.4) is 0 Å². The van der Waals surface area contributed by atoms with Gasteiger partial charge in [-0.1, -0.05) is 41.4 Å². The fourth-order valence-electron chi connectivity index (χ4n) is 3.97. The molecule has 2 aromatic carbocycles. The van der Waals surface area contributed by atoms with Crippen LogP contribution in [0.25, 0.3) is 10.9 Å². The third-order valence-corrected chi connectivity index (χ3v) is 6.05. The number of tetrazole rings is 1. The van der Waals surface area contributed by atoms with Crippen LogP contribution in [0.4, 0.5) is 0 Å². The summed E-state index contributed by atoms with van der Waals surface area (Å²) in [7, 11) is 0. The average molecular weight is 475 g/mol. The number of halogens is 1. The van der Waals surface area contributed by atoms with E-state index in [0.29, 0.717) is 42.6 Å². The first kappa shape index (κ1) is 22.1. The number of pyridine rings is 1. The van der Waals surface area contributed by atoms with Gasteiger partial charge in [-0.25, -0.2) is 4.68 Å². The molecular weight excluding hydrogens is 452 g/mol. The van der Waals surface area contributed by atoms with Crippen molar-refractivity contribution in [3.8, 4) is 0 Å². The molecule has 0 unspecified atom stereocenters. The molecule has 0 aliphatic carbocycles. The maximum atomic E-state index is 12.9. The van der Waals surface area contributed by atoms with Gasteiger partial charge in [0.15, 0.2) is 5.82 Å². The molecule has 0 aliphatic rings. The Bertz CT molecular complexity index is 1470. The quantitative estimate of drug-likeness (QED) is 0.360. The van der Waals surface area contributed by atoms with Crippen LogP contribution in [0.1, 0.15) is 28.3 Å². The molecule has 172 valence electrons. The van der Waals surface area contributed by atoms with Crippen molar-refractivity contribution in [2.45, 2.75) is 33.1 Å². The minimum absolute atomic E-state index is 0.115. The van der Waals surface area contributed by atoms with Gasteiger partial charge in [-0.2, -0.15) is 0 Å². The van der Waals surface area contributed by atoms with E-state index in [1.54, 1.807) is 10.9 Å². The number of aromatic amines is 1. The summed E-state index contributed by atoms with van der Waals surface area (Å²) in [6.07, 6.45) is 1.62. The van der Waals surface area contributed by atoms with E-state index in [1.165, 1.54) is 0 Å². The maximum absolute atomic E-state index is 12.9. The van der Waals surface area contributed by atoms with Crippen molar-refractivity contribution in [1.29, 1.82) is 0 Å². The molecule has 5 rings (SSSR count). The van der Waals surface area contributed by atoms with E-state index in [1.807, 2.05) is 61.5 Å². The van der Waals surface area contributed by atoms with E-state index < -0.39 is 0 Å². The van der Waals surface area contributed by atoms with Crippen molar-refractivity contribution in [1.82, 2.24) is 30.1 Å². The van der Waals surface area contributed by atoms with Crippen LogP contribution in [0, 0.1) is 6.92 Å². The van der Waals surface area contributed by atoms with Crippen LogP contribution < -0.4 is 5.56 Å². The number of aromatic nitrogens is 5. The lowest BCUT2D eigenvalue weighted by Gasteiger charge is -2.22. The Balaban J connectivity index is 1.46. The summed E-state index contributed by atoms with van der Waals surface area (Å²) in [5.41, 5.74) is 3.46. The van der Waals surface area contributed by atoms with E-state index in [9.17, 15) is 4.79 Å². The Morgan fingerprint density at radius 2 is 1.88 bits per heavy atom. The Labute approximate surface area is 200 Å². The summed E-state index contributed by atoms with van der Waals surface area (Å²) in [5.74, 6) is 1.42. The van der Waals surface area contributed by atoms with Crippen LogP contribution in [-0.2, 0) is 26.2 Å². The molecule has 0 saturated heterocycles. The number of H-pyrrole nitrogens is 1. The monoisotopic (exact) mass is 474 g/mol. The van der Waals surface area contributed by atoms with Crippen molar-refractivity contribution in [2.24, 2.45) is 0 Å². The minimum atomic E-state index is -0.115. The highest BCUT2D eigenvalue weighted by Gasteiger charge is 2.17. The number of nitrogens with one attached hydrogen (secondary N) is 1. The van der Waals surface area contributed by atoms with E-state index in [-0.39, 0.29) is 5.56 Å². The Morgan fingerprint density at radius 3 is 2.71 bits per heavy atom. The molecule has 1 N–H and O–H groups in total. The molecule has 8 nitrogen and oxygen atoms in total. The summed E-state index contributed by atoms with van der Waals surface area (Å²) < 4.78 is 7.15. The van der Waals surface area contributed by atoms with Crippen LogP contribution in [0.2, 0.25) is 5.02 Å². The molecule has 0 spiro atoms. The van der Waals surface area contributed by atoms with Crippen molar-refractivity contribution >= 4 is 22.5 Å². The number of hydrogen-bond donors (Lipinski definition) is 1. The summed E-state index contributed by atoms with van der Waals surface area (Å²) in [6.45, 7) is 3.80. The number of benzene rings is 2. The van der Waals surface area contributed by atoms with Crippen molar-refractivity contribution in [3.63, 3.8) is 0 Å². The van der Waals surface area contributed by atoms with E-state index in [4.69, 9.17) is 16.0 Å². The number of rotatable bonds is 8. The molecule has 3 aromatic heterocycles. The molecule has 0 amide bonds. The SMILES string of the molecule is Cc1ccc2[nH]c(=O)c(CN(Cc3ccccc3Cl)Cc3nnnn3Cc3ccco3)cc2c1. The van der Waals surface area contributed by atoms with Crippen molar-refractivity contribution in [3.05, 3.63) is 111 Å². The molecule has 0 bridgehead atoms. The van der Waals surface area contributed by atoms with Crippen LogP contribution in [0.15, 0.2) is 76.1 Å². The third-order valence-electron chi connectivity index (χ3n) is 5.68. The van der Waals surface area contributed by atoms with Gasteiger partial charge in [0.25, 0.3) is 5.56 Å². The predicted octanol–water partition coefficient (Wildman–Crippen LogP) is 4.32. The van der Waals surface area contributed by atoms with Crippen LogP contribution >= 0.6 is 11.6 Å². The largest absolute Gasteiger partial charge is 0.467 e. The lowest BCUT2D eigenvalue weighted by Crippen LogP contribution is -2.28. The van der Waals surface area contributed by atoms with Crippen LogP contribution in [-0.4, -0.2) is 30.1 Å². The number of aryl methyl sites for hydroxylation is 1. The smallest absolute Gasteiger partial charge is 0.252 e. The first-order valence-electron chi connectivity index (χ1n) is 10.9. The van der Waals surface area contributed by atoms with Gasteiger partial charge in [-0.3, -0.25) is 9.69 Å². The molecule has 34 heavy (non-hydrogen) atoms. The average Bonchev–Trinajstić information content (AvgIpc) is 3.49. The summed E-state index contributed by atoms with van der Waals surface area (Å²) in [6, 6.07) is 19.3. The highest BCUT2D eigenvalue weighted by atomic mass is 35.5. The Kier molecular flexibility index (Phi) is 6.24. The molecule has 0 saturated carbocycles. The zero-order valence-electron chi connectivity index (χ0n) is 18.6. The normalized spacial score (nSPS) is 11.5. The van der Waals surface area contributed by atoms with E-state index >= 15 is 0 Å². The van der Waals surface area contributed by atoms with Gasteiger partial charge in [0.1, 0.15) is 12.3 Å². The second kappa shape index (κ2) is 9.62. The fraction of sp³-hybridized carbons (Fsp3) is 0.200. The lowest BCUT2D eigenvalue weighted by atomic mass is 10.1. The summed E-state index contributed by atoms with van der Waals surface area (Å²) in [5, 5.41) is 13.9. The van der Waals surface area contributed by atoms with Gasteiger partial charge in [0.2, 0.25) is 0 Å². The van der Waals surface area contributed by atoms with Gasteiger partial charge in [0, 0.05) is 29.2 Å². The number of furan rings is 1. The van der Waals surface area contributed by atoms with E-state index in [0.717, 1.165) is 27.8 Å². The lowest BCUT2D eigenvalue weighted by molar-refractivity contribution is 0.235. The van der Waals surface area contributed by atoms with Crippen LogP contribution in [0.5, 0.6) is 0 Å². The van der Waals surface area contributed by atoms with Crippen molar-refractivity contribution < 1.29 is 4.42 Å². The summed E-state index contributed by atoms with van der Waals surface area (Å²) in [4.78, 5) is 18.0. The topological polar surface area (TPSA) is 92.8 Å². The van der Waals surface area contributed by atoms with Gasteiger partial charge in [-0.05, 0) is 64.7 Å². The van der Waals surface area contributed by atoms with E-state index in [2.05, 4.69) is 31.5 Å². The van der Waals surface area contributed by atoms with Gasteiger partial charge >= 0.3 is 0 Å². The minimum Gasteiger partial charge on any atom is -0.467 e. The molecule has 5 aromatic rings. The molecule has 0 aliphatic heterocycles. The standard InChI is InChI=1S/C25H23ClN6O2/c1-17-8-9-23-19(11-17)12-20(25(33)27-23)14-31(13-18-5-2-3-7-22(18)26)16-24-28-29-30-32(24)15-21-6-4-10-34-21/h2-12H,13-16H2,1H3,(H,27,33). The van der Waals surface area contributed by atoms with Gasteiger partial charge in [0.05, 0.1) is 12.8 Å². The third kappa shape index (κ3) is 4.93. The highest BCUT2D eigenvalue weighted by molar-refractivity contribution is 6.31. The Hall–Kier alpha value is -3.75. The highest BCUT2D eigenvalue weighted by Crippen LogP contribution is 2.20. The Morgan fingerprint density at radius 1 is 1.03 bits per heavy atom. The molecule has 0 fully saturated rings. The second-order valence-corrected chi connectivity index (χ2v) is 8.69. The molecule has 0 radical (unpaired) electrons. The zero-order valence-corrected chi connectivity index (χ0v) is 19.4. The predicted molar refractivity (Wildman–Crippen MR) is 129 cm³/mol. The van der Waals surface area contributed by atoms with Crippen molar-refractivity contribution in [2.75, 3.05) is 0 Å². The first-order chi connectivity index (χ1) is 16.5. The second-order valence-electron chi connectivity index (χ2n) is 8.28. The first-order valence-corrected chi connectivity index (χ1v) is 11.3. The van der Waals surface area contributed by atoms with Gasteiger partial charge < -0.3 is 9.40 Å². The fourth-order valence-corrected chi connectivity index (χ4v) is 4.17. The molecule has 0 atom stereocenters. The maximum Gasteiger partial charge on any atom is 0.252 e. The zero-order chi connectivity index (χ0) is 23.5. The van der Waals surface area contributed by atoms with Gasteiger partial charge in [-0.15, -0.1) is 5.10 Å². The number of nitrogens with zero attached hydrogens (tertiary/aromatic N) is 5. The number of hydrogen-bond acceptors (Lipinski definition) is 6. The number of fused-ring (bicyclic) bond motifs is 1. The molecular formula is C25H23ClN6O2.